The Morgan fingerprint density at radius 1 is 1.47 bits per heavy atom. The largest absolute Gasteiger partial charge is 0.748 e. The van der Waals surface area contributed by atoms with Crippen LogP contribution in [0.15, 0.2) is 5.16 Å². The average molecular weight is 252 g/mol. The Morgan fingerprint density at radius 2 is 2.20 bits per heavy atom. The van der Waals surface area contributed by atoms with Crippen LogP contribution in [0.4, 0.5) is 0 Å². The van der Waals surface area contributed by atoms with Crippen LogP contribution in [0.1, 0.15) is 0 Å². The van der Waals surface area contributed by atoms with Crippen molar-refractivity contribution in [2.45, 2.75) is 0 Å². The number of hydrogen-bond acceptors (Lipinski definition) is 8. The third-order valence-electron chi connectivity index (χ3n) is 1.23. The van der Waals surface area contributed by atoms with Gasteiger partial charge in [0.15, 0.2) is 11.4 Å². The second kappa shape index (κ2) is 5.79. The highest BCUT2D eigenvalue weighted by atomic mass is 32.2. The van der Waals surface area contributed by atoms with Gasteiger partial charge in [-0.15, -0.1) is 0 Å². The van der Waals surface area contributed by atoms with Gasteiger partial charge in [-0.25, -0.2) is 8.42 Å². The van der Waals surface area contributed by atoms with Gasteiger partial charge < -0.3 is 13.4 Å². The molecule has 0 spiro atoms. The zero-order valence-electron chi connectivity index (χ0n) is 7.02. The van der Waals surface area contributed by atoms with Gasteiger partial charge in [-0.05, 0) is 0 Å². The van der Waals surface area contributed by atoms with Gasteiger partial charge in [0.05, 0.1) is 18.7 Å². The second-order valence-corrected chi connectivity index (χ2v) is 3.35. The Hall–Kier alpha value is -0.990. The van der Waals surface area contributed by atoms with E-state index in [2.05, 4.69) is 25.7 Å². The normalized spacial score (nSPS) is 23.6. The Morgan fingerprint density at radius 3 is 2.80 bits per heavy atom. The Bertz CT molecular complexity index is 360. The lowest BCUT2D eigenvalue weighted by Gasteiger charge is -2.14. The highest BCUT2D eigenvalue weighted by Crippen LogP contribution is 2.05. The number of hydrogen-bond donors (Lipinski definition) is 0. The van der Waals surface area contributed by atoms with E-state index < -0.39 is 28.6 Å². The summed E-state index contributed by atoms with van der Waals surface area (Å²) in [6, 6.07) is 2.34. The van der Waals surface area contributed by atoms with Crippen LogP contribution in [0, 0.1) is 17.9 Å². The fourth-order valence-corrected chi connectivity index (χ4v) is 1.13. The molecule has 0 N–H and O–H groups in total. The van der Waals surface area contributed by atoms with Crippen LogP contribution in [-0.4, -0.2) is 35.3 Å². The first-order valence-corrected chi connectivity index (χ1v) is 5.44. The van der Waals surface area contributed by atoms with E-state index in [0.29, 0.717) is 0 Å². The summed E-state index contributed by atoms with van der Waals surface area (Å²) in [7, 11) is 0. The number of rotatable bonds is 5. The molecule has 0 aromatic carbocycles. The van der Waals surface area contributed by atoms with E-state index in [9.17, 15) is 17.5 Å². The van der Waals surface area contributed by atoms with Gasteiger partial charge >= 0.3 is 0 Å². The maximum absolute atomic E-state index is 10.1. The summed E-state index contributed by atoms with van der Waals surface area (Å²) in [5, 5.41) is 3.97. The molecule has 10 heteroatoms. The van der Waals surface area contributed by atoms with E-state index in [4.69, 9.17) is 0 Å². The first-order chi connectivity index (χ1) is 7.08. The molecule has 84 valence electrons. The number of hydroxylamine groups is 2. The summed E-state index contributed by atoms with van der Waals surface area (Å²) < 4.78 is 48.1. The molecular weight excluding hydrogens is 248 g/mol. The quantitative estimate of drug-likeness (QED) is 0.250. The average Bonchev–Trinajstić information content (AvgIpc) is 2.50. The highest BCUT2D eigenvalue weighted by Gasteiger charge is 2.15. The molecule has 1 aliphatic rings. The van der Waals surface area contributed by atoms with Crippen LogP contribution in [0.2, 0.25) is 0 Å². The molecule has 1 rings (SSSR count). The fraction of sp³-hybridized carbons (Fsp3) is 0.400. The zero-order chi connectivity index (χ0) is 11.3. The molecule has 3 unspecified atom stereocenters. The maximum Gasteiger partial charge on any atom is 0.169 e. The predicted octanol–water partition coefficient (Wildman–Crippen LogP) is -1.60. The molecule has 0 aromatic rings. The van der Waals surface area contributed by atoms with Crippen LogP contribution in [0.3, 0.4) is 0 Å². The summed E-state index contributed by atoms with van der Waals surface area (Å²) in [6.07, 6.45) is 1.12. The van der Waals surface area contributed by atoms with Gasteiger partial charge in [0.2, 0.25) is 0 Å². The van der Waals surface area contributed by atoms with Gasteiger partial charge in [0.25, 0.3) is 0 Å². The Kier molecular flexibility index (Phi) is 4.66. The minimum atomic E-state index is -2.72. The summed E-state index contributed by atoms with van der Waals surface area (Å²) in [4.78, 5) is 0. The van der Waals surface area contributed by atoms with Crippen molar-refractivity contribution in [1.82, 2.24) is 5.06 Å². The molecule has 0 saturated heterocycles. The van der Waals surface area contributed by atoms with Crippen molar-refractivity contribution < 1.29 is 26.1 Å². The van der Waals surface area contributed by atoms with Crippen molar-refractivity contribution in [2.75, 3.05) is 6.54 Å². The van der Waals surface area contributed by atoms with Crippen molar-refractivity contribution in [3.05, 3.63) is 0 Å². The van der Waals surface area contributed by atoms with Crippen molar-refractivity contribution in [2.24, 2.45) is 11.1 Å². The van der Waals surface area contributed by atoms with E-state index in [0.717, 1.165) is 11.3 Å². The Balaban J connectivity index is 2.33. The molecule has 0 aliphatic carbocycles. The molecule has 0 fully saturated rings. The standard InChI is InChI=1S/C5H6N2O6S2/c8-14(9)12-6-3-5-1-2-7(4-5)13-15(10)11/h3,5H,4H2,(H,8,9)(H,10,11)/p-2. The molecule has 0 aromatic heterocycles. The molecule has 0 saturated carbocycles. The van der Waals surface area contributed by atoms with Gasteiger partial charge in [-0.3, -0.25) is 0 Å². The predicted molar refractivity (Wildman–Crippen MR) is 46.5 cm³/mol. The second-order valence-electron chi connectivity index (χ2n) is 2.24. The van der Waals surface area contributed by atoms with Crippen LogP contribution in [0.5, 0.6) is 0 Å². The van der Waals surface area contributed by atoms with Crippen molar-refractivity contribution in [3.63, 3.8) is 0 Å². The summed E-state index contributed by atoms with van der Waals surface area (Å²) in [5.41, 5.74) is 0. The fourth-order valence-electron chi connectivity index (χ4n) is 0.765. The zero-order valence-corrected chi connectivity index (χ0v) is 8.66. The molecule has 8 nitrogen and oxygen atoms in total. The summed E-state index contributed by atoms with van der Waals surface area (Å²) in [6.45, 7) is 0.104. The van der Waals surface area contributed by atoms with Crippen LogP contribution in [0.25, 0.3) is 0 Å². The van der Waals surface area contributed by atoms with Crippen molar-refractivity contribution in [1.29, 1.82) is 0 Å². The molecule has 15 heavy (non-hydrogen) atoms. The molecule has 1 heterocycles. The monoisotopic (exact) mass is 252 g/mol. The number of oxime groups is 1. The van der Waals surface area contributed by atoms with Gasteiger partial charge in [0.1, 0.15) is 11.4 Å². The number of nitrogens with zero attached hydrogens (tertiary/aromatic N) is 2. The smallest absolute Gasteiger partial charge is 0.169 e. The lowest BCUT2D eigenvalue weighted by Crippen LogP contribution is -2.21. The SMILES string of the molecule is O=S([O-])ON=CC1C#CN(OS(=O)[O-])C1. The van der Waals surface area contributed by atoms with E-state index in [1.807, 2.05) is 0 Å². The first-order valence-electron chi connectivity index (χ1n) is 3.44. The molecule has 3 atom stereocenters. The minimum absolute atomic E-state index is 0.104. The van der Waals surface area contributed by atoms with E-state index >= 15 is 0 Å². The maximum atomic E-state index is 10.1. The summed E-state index contributed by atoms with van der Waals surface area (Å²) >= 11 is -5.41. The van der Waals surface area contributed by atoms with Crippen LogP contribution < -0.4 is 0 Å². The lowest BCUT2D eigenvalue weighted by molar-refractivity contribution is 0.0146. The first kappa shape index (κ1) is 12.1. The van der Waals surface area contributed by atoms with E-state index in [1.165, 1.54) is 0 Å². The third kappa shape index (κ3) is 4.86. The molecule has 0 radical (unpaired) electrons. The van der Waals surface area contributed by atoms with Crippen LogP contribution in [-0.2, 0) is 31.3 Å². The Labute approximate surface area is 90.2 Å². The molecular formula is C5H4N2O6S2-2. The summed E-state index contributed by atoms with van der Waals surface area (Å²) in [5.74, 6) is 2.09. The van der Waals surface area contributed by atoms with E-state index in [-0.39, 0.29) is 6.54 Å². The van der Waals surface area contributed by atoms with Crippen LogP contribution >= 0.6 is 0 Å². The molecule has 0 bridgehead atoms. The van der Waals surface area contributed by atoms with Crippen molar-refractivity contribution >= 4 is 28.9 Å². The minimum Gasteiger partial charge on any atom is -0.748 e. The third-order valence-corrected chi connectivity index (χ3v) is 1.74. The van der Waals surface area contributed by atoms with Crippen molar-refractivity contribution in [3.8, 4) is 12.0 Å². The molecule has 0 amide bonds. The van der Waals surface area contributed by atoms with Gasteiger partial charge in [0, 0.05) is 6.04 Å². The highest BCUT2D eigenvalue weighted by molar-refractivity contribution is 7.74. The molecule has 1 aliphatic heterocycles. The lowest BCUT2D eigenvalue weighted by atomic mass is 10.2. The topological polar surface area (TPSA) is 114 Å². The van der Waals surface area contributed by atoms with Gasteiger partial charge in [-0.1, -0.05) is 11.1 Å². The van der Waals surface area contributed by atoms with E-state index in [1.54, 1.807) is 0 Å². The van der Waals surface area contributed by atoms with Gasteiger partial charge in [-0.2, -0.15) is 9.35 Å².